The Bertz CT molecular complexity index is 1520. The number of allylic oxidation sites excluding steroid dienone is 1. The number of nitrogens with zero attached hydrogens (tertiary/aromatic N) is 4. The highest BCUT2D eigenvalue weighted by Crippen LogP contribution is 2.38. The third-order valence-electron chi connectivity index (χ3n) is 7.85. The molecule has 3 aromatic rings. The van der Waals surface area contributed by atoms with Crippen LogP contribution < -0.4 is 16.0 Å². The van der Waals surface area contributed by atoms with E-state index in [9.17, 15) is 9.59 Å². The van der Waals surface area contributed by atoms with Gasteiger partial charge in [0.25, 0.3) is 5.91 Å². The van der Waals surface area contributed by atoms with Crippen LogP contribution in [0.4, 0.5) is 21.9 Å². The zero-order chi connectivity index (χ0) is 29.6. The van der Waals surface area contributed by atoms with Gasteiger partial charge in [-0.05, 0) is 67.2 Å². The molecule has 0 atom stereocenters. The number of fused-ring (bicyclic) bond motifs is 1. The van der Waals surface area contributed by atoms with Crippen molar-refractivity contribution >= 4 is 40.3 Å². The SMILES string of the molecule is CCC(=Nc1ccc(C(=O)NC2CCCC2)nc1)C1=C(CC)CNc2ccc(-c3cncc(NC(=O)N(C)C)c3)cc21. The van der Waals surface area contributed by atoms with Gasteiger partial charge in [-0.1, -0.05) is 32.8 Å². The number of hydrogen-bond acceptors (Lipinski definition) is 6. The average Bonchev–Trinajstić information content (AvgIpc) is 3.52. The molecule has 3 heterocycles. The molecule has 3 amide bonds. The number of pyridine rings is 2. The Kier molecular flexibility index (Phi) is 8.95. The highest BCUT2D eigenvalue weighted by molar-refractivity contribution is 6.27. The van der Waals surface area contributed by atoms with Gasteiger partial charge >= 0.3 is 6.03 Å². The van der Waals surface area contributed by atoms with Crippen LogP contribution in [-0.4, -0.2) is 59.2 Å². The lowest BCUT2D eigenvalue weighted by molar-refractivity contribution is 0.0933. The van der Waals surface area contributed by atoms with Gasteiger partial charge in [-0.2, -0.15) is 0 Å². The van der Waals surface area contributed by atoms with Crippen molar-refractivity contribution in [2.24, 2.45) is 4.99 Å². The van der Waals surface area contributed by atoms with Gasteiger partial charge in [-0.3, -0.25) is 14.8 Å². The van der Waals surface area contributed by atoms with E-state index in [0.29, 0.717) is 11.4 Å². The number of rotatable bonds is 8. The van der Waals surface area contributed by atoms with Crippen molar-refractivity contribution in [3.05, 3.63) is 71.8 Å². The van der Waals surface area contributed by atoms with Gasteiger partial charge in [-0.25, -0.2) is 9.78 Å². The monoisotopic (exact) mass is 565 g/mol. The van der Waals surface area contributed by atoms with Crippen LogP contribution in [0.25, 0.3) is 16.7 Å². The molecule has 42 heavy (non-hydrogen) atoms. The maximum atomic E-state index is 12.7. The van der Waals surface area contributed by atoms with E-state index in [1.165, 1.54) is 23.3 Å². The summed E-state index contributed by atoms with van der Waals surface area (Å²) in [6.07, 6.45) is 11.2. The zero-order valence-electron chi connectivity index (χ0n) is 24.8. The number of hydrogen-bond donors (Lipinski definition) is 3. The van der Waals surface area contributed by atoms with E-state index < -0.39 is 0 Å². The molecule has 1 fully saturated rings. The molecule has 1 aliphatic carbocycles. The van der Waals surface area contributed by atoms with Crippen LogP contribution >= 0.6 is 0 Å². The number of aliphatic imine (C=N–C) groups is 1. The molecule has 0 spiro atoms. The first kappa shape index (κ1) is 29.0. The number of benzene rings is 1. The van der Waals surface area contributed by atoms with Gasteiger partial charge in [0.1, 0.15) is 5.69 Å². The maximum Gasteiger partial charge on any atom is 0.321 e. The highest BCUT2D eigenvalue weighted by Gasteiger charge is 2.23. The number of nitrogens with one attached hydrogen (secondary N) is 3. The lowest BCUT2D eigenvalue weighted by Crippen LogP contribution is -2.33. The quantitative estimate of drug-likeness (QED) is 0.264. The Morgan fingerprint density at radius 1 is 1.02 bits per heavy atom. The van der Waals surface area contributed by atoms with Crippen LogP contribution in [0.2, 0.25) is 0 Å². The summed E-state index contributed by atoms with van der Waals surface area (Å²) < 4.78 is 0. The van der Waals surface area contributed by atoms with Crippen molar-refractivity contribution in [2.75, 3.05) is 31.3 Å². The van der Waals surface area contributed by atoms with E-state index in [0.717, 1.165) is 71.6 Å². The fraction of sp³-hybridized carbons (Fsp3) is 0.364. The molecule has 0 bridgehead atoms. The molecule has 0 saturated heterocycles. The standard InChI is InChI=1S/C33H39N7O2/c1-5-21-18-35-29-13-11-22(23-15-26(19-34-17-23)39-33(42)40(3)4)16-27(29)31(21)28(6-2)37-25-12-14-30(36-20-25)32(41)38-24-9-7-8-10-24/h11-17,19-20,24,35H,5-10,18H2,1-4H3,(H,38,41)(H,39,42). The number of carbonyl (C=O) groups is 2. The Labute approximate surface area is 247 Å². The van der Waals surface area contributed by atoms with E-state index in [1.54, 1.807) is 38.8 Å². The third-order valence-corrected chi connectivity index (χ3v) is 7.85. The normalized spacial score (nSPS) is 15.2. The van der Waals surface area contributed by atoms with E-state index in [4.69, 9.17) is 4.99 Å². The molecule has 1 aliphatic heterocycles. The van der Waals surface area contributed by atoms with Crippen molar-refractivity contribution in [2.45, 2.75) is 58.4 Å². The Morgan fingerprint density at radius 2 is 1.83 bits per heavy atom. The zero-order valence-corrected chi connectivity index (χ0v) is 24.8. The third kappa shape index (κ3) is 6.51. The molecule has 1 saturated carbocycles. The summed E-state index contributed by atoms with van der Waals surface area (Å²) in [6, 6.07) is 11.9. The van der Waals surface area contributed by atoms with Crippen LogP contribution in [0.15, 0.2) is 65.6 Å². The van der Waals surface area contributed by atoms with E-state index >= 15 is 0 Å². The van der Waals surface area contributed by atoms with Gasteiger partial charge in [-0.15, -0.1) is 0 Å². The molecule has 5 rings (SSSR count). The predicted octanol–water partition coefficient (Wildman–Crippen LogP) is 6.68. The lowest BCUT2D eigenvalue weighted by atomic mass is 9.87. The topological polar surface area (TPSA) is 112 Å². The van der Waals surface area contributed by atoms with Crippen LogP contribution in [0.5, 0.6) is 0 Å². The van der Waals surface area contributed by atoms with Gasteiger partial charge in [0.15, 0.2) is 0 Å². The number of amides is 3. The second-order valence-corrected chi connectivity index (χ2v) is 11.0. The smallest absolute Gasteiger partial charge is 0.321 e. The van der Waals surface area contributed by atoms with E-state index in [2.05, 4.69) is 58.0 Å². The Morgan fingerprint density at radius 3 is 2.52 bits per heavy atom. The Balaban J connectivity index is 1.45. The summed E-state index contributed by atoms with van der Waals surface area (Å²) in [4.78, 5) is 40.2. The number of carbonyl (C=O) groups excluding carboxylic acids is 2. The molecule has 2 aliphatic rings. The van der Waals surface area contributed by atoms with E-state index in [-0.39, 0.29) is 18.0 Å². The minimum absolute atomic E-state index is 0.122. The number of anilines is 2. The van der Waals surface area contributed by atoms with Crippen LogP contribution in [0.3, 0.4) is 0 Å². The van der Waals surface area contributed by atoms with Gasteiger partial charge < -0.3 is 20.9 Å². The molecule has 9 nitrogen and oxygen atoms in total. The second-order valence-electron chi connectivity index (χ2n) is 11.0. The lowest BCUT2D eigenvalue weighted by Gasteiger charge is -2.26. The minimum atomic E-state index is -0.206. The second kappa shape index (κ2) is 13.0. The van der Waals surface area contributed by atoms with Gasteiger partial charge in [0, 0.05) is 61.0 Å². The predicted molar refractivity (Wildman–Crippen MR) is 169 cm³/mol. The van der Waals surface area contributed by atoms with Crippen molar-refractivity contribution in [1.82, 2.24) is 20.2 Å². The van der Waals surface area contributed by atoms with E-state index in [1.807, 2.05) is 12.1 Å². The summed E-state index contributed by atoms with van der Waals surface area (Å²) in [5.41, 5.74) is 9.20. The van der Waals surface area contributed by atoms with Crippen molar-refractivity contribution < 1.29 is 9.59 Å². The molecular formula is C33H39N7O2. The first-order valence-electron chi connectivity index (χ1n) is 14.7. The average molecular weight is 566 g/mol. The highest BCUT2D eigenvalue weighted by atomic mass is 16.2. The minimum Gasteiger partial charge on any atom is -0.381 e. The first-order chi connectivity index (χ1) is 20.4. The van der Waals surface area contributed by atoms with Gasteiger partial charge in [0.2, 0.25) is 0 Å². The number of aromatic nitrogens is 2. The molecule has 218 valence electrons. The van der Waals surface area contributed by atoms with Crippen LogP contribution in [0, 0.1) is 0 Å². The first-order valence-corrected chi connectivity index (χ1v) is 14.7. The Hall–Kier alpha value is -4.53. The number of urea groups is 1. The van der Waals surface area contributed by atoms with Crippen LogP contribution in [-0.2, 0) is 0 Å². The molecule has 0 unspecified atom stereocenters. The van der Waals surface area contributed by atoms with Crippen molar-refractivity contribution in [3.8, 4) is 11.1 Å². The summed E-state index contributed by atoms with van der Waals surface area (Å²) >= 11 is 0. The molecule has 9 heteroatoms. The van der Waals surface area contributed by atoms with Crippen LogP contribution in [0.1, 0.15) is 68.4 Å². The largest absolute Gasteiger partial charge is 0.381 e. The summed E-state index contributed by atoms with van der Waals surface area (Å²) in [6.45, 7) is 5.03. The molecule has 0 radical (unpaired) electrons. The maximum absolute atomic E-state index is 12.7. The summed E-state index contributed by atoms with van der Waals surface area (Å²) in [5, 5.41) is 9.54. The van der Waals surface area contributed by atoms with Crippen molar-refractivity contribution in [3.63, 3.8) is 0 Å². The summed E-state index contributed by atoms with van der Waals surface area (Å²) in [7, 11) is 3.40. The van der Waals surface area contributed by atoms with Gasteiger partial charge in [0.05, 0.1) is 23.8 Å². The molecule has 3 N–H and O–H groups in total. The fourth-order valence-electron chi connectivity index (χ4n) is 5.51. The molecular weight excluding hydrogens is 526 g/mol. The molecule has 2 aromatic heterocycles. The fourth-order valence-corrected chi connectivity index (χ4v) is 5.51. The molecule has 1 aromatic carbocycles. The van der Waals surface area contributed by atoms with Crippen molar-refractivity contribution in [1.29, 1.82) is 0 Å². The summed E-state index contributed by atoms with van der Waals surface area (Å²) in [5.74, 6) is -0.122.